The van der Waals surface area contributed by atoms with E-state index in [0.717, 1.165) is 31.5 Å². The summed E-state index contributed by atoms with van der Waals surface area (Å²) in [5, 5.41) is 14.4. The van der Waals surface area contributed by atoms with Crippen LogP contribution >= 0.6 is 0 Å². The number of piperidine rings is 1. The van der Waals surface area contributed by atoms with E-state index in [1.54, 1.807) is 0 Å². The molecule has 0 unspecified atom stereocenters. The molecule has 0 amide bonds. The molecule has 4 rings (SSSR count). The van der Waals surface area contributed by atoms with Crippen LogP contribution in [0.4, 0.5) is 5.82 Å². The smallest absolute Gasteiger partial charge is 0.201 e. The standard InChI is InChI=1S/C20H23N5O2/c1-14-9-10-15-7-3-4-8-16(15)17(14)13-26-24-20(18-19(21)23-27-22-18)25-11-5-2-6-12-25/h3-4,7-10H,2,5-6,11-13H2,1H3,(H2,21,23)/b24-20-. The van der Waals surface area contributed by atoms with Gasteiger partial charge in [-0.3, -0.25) is 0 Å². The number of nitrogens with zero attached hydrogens (tertiary/aromatic N) is 4. The molecule has 0 atom stereocenters. The monoisotopic (exact) mass is 365 g/mol. The molecule has 1 aliphatic heterocycles. The van der Waals surface area contributed by atoms with E-state index in [4.69, 9.17) is 15.2 Å². The number of aryl methyl sites for hydroxylation is 1. The number of oxime groups is 1. The van der Waals surface area contributed by atoms with Crippen molar-refractivity contribution < 1.29 is 9.47 Å². The quantitative estimate of drug-likeness (QED) is 0.432. The topological polar surface area (TPSA) is 89.8 Å². The Morgan fingerprint density at radius 3 is 2.74 bits per heavy atom. The Labute approximate surface area is 157 Å². The van der Waals surface area contributed by atoms with Crippen LogP contribution in [0.5, 0.6) is 0 Å². The summed E-state index contributed by atoms with van der Waals surface area (Å²) in [5.41, 5.74) is 8.63. The lowest BCUT2D eigenvalue weighted by molar-refractivity contribution is 0.125. The van der Waals surface area contributed by atoms with E-state index in [1.165, 1.54) is 22.8 Å². The lowest BCUT2D eigenvalue weighted by atomic mass is 10.0. The molecule has 1 fully saturated rings. The number of fused-ring (bicyclic) bond motifs is 1. The molecule has 27 heavy (non-hydrogen) atoms. The van der Waals surface area contributed by atoms with Gasteiger partial charge in [-0.25, -0.2) is 4.63 Å². The molecule has 0 aliphatic carbocycles. The zero-order valence-electron chi connectivity index (χ0n) is 15.4. The molecule has 2 aromatic carbocycles. The van der Waals surface area contributed by atoms with Crippen molar-refractivity contribution in [1.82, 2.24) is 15.2 Å². The van der Waals surface area contributed by atoms with E-state index in [-0.39, 0.29) is 5.82 Å². The second-order valence-electron chi connectivity index (χ2n) is 6.82. The Balaban J connectivity index is 1.61. The Kier molecular flexibility index (Phi) is 4.91. The Morgan fingerprint density at radius 2 is 1.96 bits per heavy atom. The highest BCUT2D eigenvalue weighted by molar-refractivity contribution is 6.00. The summed E-state index contributed by atoms with van der Waals surface area (Å²) >= 11 is 0. The largest absolute Gasteiger partial charge is 0.389 e. The summed E-state index contributed by atoms with van der Waals surface area (Å²) in [4.78, 5) is 7.92. The fraction of sp³-hybridized carbons (Fsp3) is 0.350. The van der Waals surface area contributed by atoms with Crippen molar-refractivity contribution in [3.8, 4) is 0 Å². The minimum Gasteiger partial charge on any atom is -0.389 e. The number of aromatic nitrogens is 2. The van der Waals surface area contributed by atoms with Crippen molar-refractivity contribution >= 4 is 22.4 Å². The van der Waals surface area contributed by atoms with Gasteiger partial charge in [0.05, 0.1) is 0 Å². The SMILES string of the molecule is Cc1ccc2ccccc2c1CO/N=C(/c1nonc1N)N1CCCCC1. The van der Waals surface area contributed by atoms with Gasteiger partial charge in [-0.05, 0) is 52.8 Å². The number of rotatable bonds is 4. The van der Waals surface area contributed by atoms with Crippen molar-refractivity contribution in [2.45, 2.75) is 32.8 Å². The number of benzene rings is 2. The summed E-state index contributed by atoms with van der Waals surface area (Å²) in [6.07, 6.45) is 3.42. The predicted octanol–water partition coefficient (Wildman–Crippen LogP) is 3.48. The Bertz CT molecular complexity index is 960. The summed E-state index contributed by atoms with van der Waals surface area (Å²) in [6, 6.07) is 12.5. The minimum absolute atomic E-state index is 0.226. The third kappa shape index (κ3) is 3.58. The van der Waals surface area contributed by atoms with Crippen molar-refractivity contribution in [1.29, 1.82) is 0 Å². The molecule has 3 aromatic rings. The van der Waals surface area contributed by atoms with Gasteiger partial charge in [-0.2, -0.15) is 0 Å². The van der Waals surface area contributed by atoms with E-state index in [0.29, 0.717) is 18.1 Å². The maximum absolute atomic E-state index is 5.90. The molecule has 0 spiro atoms. The molecule has 0 radical (unpaired) electrons. The van der Waals surface area contributed by atoms with Crippen molar-refractivity contribution in [2.24, 2.45) is 5.16 Å². The molecule has 0 saturated carbocycles. The van der Waals surface area contributed by atoms with E-state index in [1.807, 2.05) is 12.1 Å². The van der Waals surface area contributed by atoms with Gasteiger partial charge in [-0.1, -0.05) is 41.6 Å². The van der Waals surface area contributed by atoms with E-state index >= 15 is 0 Å². The highest BCUT2D eigenvalue weighted by Crippen LogP contribution is 2.23. The van der Waals surface area contributed by atoms with Crippen molar-refractivity contribution in [3.63, 3.8) is 0 Å². The van der Waals surface area contributed by atoms with Gasteiger partial charge in [0.2, 0.25) is 5.84 Å². The fourth-order valence-corrected chi connectivity index (χ4v) is 3.50. The first kappa shape index (κ1) is 17.3. The molecule has 7 nitrogen and oxygen atoms in total. The zero-order valence-corrected chi connectivity index (χ0v) is 15.4. The van der Waals surface area contributed by atoms with Crippen LogP contribution in [0.2, 0.25) is 0 Å². The maximum atomic E-state index is 5.90. The average Bonchev–Trinajstić information content (AvgIpc) is 3.13. The van der Waals surface area contributed by atoms with E-state index in [9.17, 15) is 0 Å². The predicted molar refractivity (Wildman–Crippen MR) is 104 cm³/mol. The molecule has 2 N–H and O–H groups in total. The molecular formula is C20H23N5O2. The van der Waals surface area contributed by atoms with Crippen LogP contribution in [-0.4, -0.2) is 34.1 Å². The Morgan fingerprint density at radius 1 is 1.15 bits per heavy atom. The second-order valence-corrected chi connectivity index (χ2v) is 6.82. The molecule has 1 aliphatic rings. The second kappa shape index (κ2) is 7.65. The van der Waals surface area contributed by atoms with Gasteiger partial charge >= 0.3 is 0 Å². The summed E-state index contributed by atoms with van der Waals surface area (Å²) in [6.45, 7) is 4.24. The van der Waals surface area contributed by atoms with Crippen LogP contribution in [0.1, 0.15) is 36.1 Å². The molecule has 1 saturated heterocycles. The van der Waals surface area contributed by atoms with Gasteiger partial charge in [-0.15, -0.1) is 0 Å². The van der Waals surface area contributed by atoms with Crippen LogP contribution in [0, 0.1) is 6.92 Å². The molecule has 1 aromatic heterocycles. The summed E-state index contributed by atoms with van der Waals surface area (Å²) in [5.74, 6) is 0.815. The number of hydrogen-bond acceptors (Lipinski definition) is 6. The number of nitrogens with two attached hydrogens (primary N) is 1. The van der Waals surface area contributed by atoms with Crippen LogP contribution in [-0.2, 0) is 11.4 Å². The van der Waals surface area contributed by atoms with Crippen LogP contribution < -0.4 is 5.73 Å². The molecular weight excluding hydrogens is 342 g/mol. The molecule has 140 valence electrons. The minimum atomic E-state index is 0.226. The number of hydrogen-bond donors (Lipinski definition) is 1. The zero-order chi connectivity index (χ0) is 18.6. The highest BCUT2D eigenvalue weighted by Gasteiger charge is 2.23. The number of nitrogen functional groups attached to an aromatic ring is 1. The van der Waals surface area contributed by atoms with Gasteiger partial charge in [0, 0.05) is 18.7 Å². The van der Waals surface area contributed by atoms with E-state index < -0.39 is 0 Å². The Hall–Kier alpha value is -3.09. The molecule has 2 heterocycles. The van der Waals surface area contributed by atoms with Crippen LogP contribution in [0.3, 0.4) is 0 Å². The van der Waals surface area contributed by atoms with Crippen molar-refractivity contribution in [2.75, 3.05) is 18.8 Å². The summed E-state index contributed by atoms with van der Waals surface area (Å²) in [7, 11) is 0. The number of anilines is 1. The van der Waals surface area contributed by atoms with Crippen LogP contribution in [0.15, 0.2) is 46.2 Å². The highest BCUT2D eigenvalue weighted by atomic mass is 16.6. The fourth-order valence-electron chi connectivity index (χ4n) is 3.50. The number of likely N-dealkylation sites (tertiary alicyclic amines) is 1. The van der Waals surface area contributed by atoms with Crippen LogP contribution in [0.25, 0.3) is 10.8 Å². The molecule has 7 heteroatoms. The normalized spacial score (nSPS) is 15.3. The third-order valence-corrected chi connectivity index (χ3v) is 5.02. The number of amidine groups is 1. The third-order valence-electron chi connectivity index (χ3n) is 5.02. The molecule has 0 bridgehead atoms. The van der Waals surface area contributed by atoms with Gasteiger partial charge in [0.25, 0.3) is 0 Å². The van der Waals surface area contributed by atoms with Gasteiger partial charge in [0.1, 0.15) is 6.61 Å². The lowest BCUT2D eigenvalue weighted by Crippen LogP contribution is -2.37. The summed E-state index contributed by atoms with van der Waals surface area (Å²) < 4.78 is 4.77. The maximum Gasteiger partial charge on any atom is 0.201 e. The first-order valence-electron chi connectivity index (χ1n) is 9.24. The first-order valence-corrected chi connectivity index (χ1v) is 9.24. The van der Waals surface area contributed by atoms with E-state index in [2.05, 4.69) is 51.6 Å². The first-order chi connectivity index (χ1) is 13.2. The average molecular weight is 365 g/mol. The lowest BCUT2D eigenvalue weighted by Gasteiger charge is -2.28. The van der Waals surface area contributed by atoms with Gasteiger partial charge < -0.3 is 15.5 Å². The van der Waals surface area contributed by atoms with Gasteiger partial charge in [0.15, 0.2) is 11.5 Å². The van der Waals surface area contributed by atoms with Crippen molar-refractivity contribution in [3.05, 3.63) is 53.2 Å².